The van der Waals surface area contributed by atoms with Crippen molar-refractivity contribution in [2.24, 2.45) is 0 Å². The third kappa shape index (κ3) is 1.80. The molecule has 4 heteroatoms. The summed E-state index contributed by atoms with van der Waals surface area (Å²) in [5.41, 5.74) is 10.8. The molecule has 2 aromatic heterocycles. The van der Waals surface area contributed by atoms with Crippen molar-refractivity contribution in [3.63, 3.8) is 0 Å². The van der Waals surface area contributed by atoms with Gasteiger partial charge in [-0.2, -0.15) is 11.3 Å². The first kappa shape index (κ1) is 11.0. The van der Waals surface area contributed by atoms with Gasteiger partial charge in [0.2, 0.25) is 5.88 Å². The molecule has 0 aliphatic heterocycles. The number of hydrogen-bond acceptors (Lipinski definition) is 4. The summed E-state index contributed by atoms with van der Waals surface area (Å²) in [6.07, 6.45) is 0. The van der Waals surface area contributed by atoms with Crippen molar-refractivity contribution in [3.05, 3.63) is 46.7 Å². The lowest BCUT2D eigenvalue weighted by Gasteiger charge is -2.01. The van der Waals surface area contributed by atoms with E-state index in [2.05, 4.69) is 24.2 Å². The molecule has 2 heterocycles. The maximum absolute atomic E-state index is 5.89. The molecule has 90 valence electrons. The summed E-state index contributed by atoms with van der Waals surface area (Å²) in [4.78, 5) is 0. The van der Waals surface area contributed by atoms with Gasteiger partial charge in [0.05, 0.1) is 5.56 Å². The summed E-state index contributed by atoms with van der Waals surface area (Å²) in [6, 6.07) is 10.2. The average molecular weight is 256 g/mol. The molecule has 0 atom stereocenters. The van der Waals surface area contributed by atoms with Crippen molar-refractivity contribution in [2.45, 2.75) is 6.92 Å². The summed E-state index contributed by atoms with van der Waals surface area (Å²) in [7, 11) is 0. The highest BCUT2D eigenvalue weighted by atomic mass is 32.1. The molecule has 0 spiro atoms. The van der Waals surface area contributed by atoms with Crippen LogP contribution in [0.2, 0.25) is 0 Å². The first-order chi connectivity index (χ1) is 8.75. The van der Waals surface area contributed by atoms with Crippen LogP contribution in [0, 0.1) is 6.92 Å². The molecule has 0 aliphatic carbocycles. The number of aromatic nitrogens is 1. The minimum atomic E-state index is 0.361. The van der Waals surface area contributed by atoms with Crippen molar-refractivity contribution in [3.8, 4) is 22.4 Å². The Morgan fingerprint density at radius 2 is 1.89 bits per heavy atom. The number of rotatable bonds is 2. The first-order valence-corrected chi connectivity index (χ1v) is 6.55. The molecule has 0 radical (unpaired) electrons. The molecular weight excluding hydrogens is 244 g/mol. The molecule has 18 heavy (non-hydrogen) atoms. The van der Waals surface area contributed by atoms with E-state index in [1.807, 2.05) is 29.0 Å². The maximum Gasteiger partial charge on any atom is 0.230 e. The van der Waals surface area contributed by atoms with E-state index in [9.17, 15) is 0 Å². The highest BCUT2D eigenvalue weighted by Crippen LogP contribution is 2.36. The van der Waals surface area contributed by atoms with Crippen molar-refractivity contribution >= 4 is 17.2 Å². The van der Waals surface area contributed by atoms with Crippen LogP contribution in [0.15, 0.2) is 45.6 Å². The standard InChI is InChI=1S/C14H12N2OS/c1-9-2-4-10(5-3-9)12-13(16-17-14(12)15)11-6-7-18-8-11/h2-8H,15H2,1H3. The zero-order chi connectivity index (χ0) is 12.5. The van der Waals surface area contributed by atoms with Gasteiger partial charge in [-0.25, -0.2) is 0 Å². The number of nitrogens with two attached hydrogens (primary N) is 1. The van der Waals surface area contributed by atoms with Crippen LogP contribution < -0.4 is 5.73 Å². The van der Waals surface area contributed by atoms with Crippen LogP contribution >= 0.6 is 11.3 Å². The van der Waals surface area contributed by atoms with E-state index in [0.29, 0.717) is 5.88 Å². The smallest absolute Gasteiger partial charge is 0.230 e. The summed E-state index contributed by atoms with van der Waals surface area (Å²) in [5, 5.41) is 8.11. The van der Waals surface area contributed by atoms with Crippen molar-refractivity contribution in [2.75, 3.05) is 5.73 Å². The van der Waals surface area contributed by atoms with E-state index in [1.54, 1.807) is 11.3 Å². The molecule has 2 N–H and O–H groups in total. The SMILES string of the molecule is Cc1ccc(-c2c(-c3ccsc3)noc2N)cc1. The van der Waals surface area contributed by atoms with Gasteiger partial charge in [-0.3, -0.25) is 0 Å². The van der Waals surface area contributed by atoms with E-state index in [0.717, 1.165) is 22.4 Å². The predicted octanol–water partition coefficient (Wildman–Crippen LogP) is 3.96. The Hall–Kier alpha value is -2.07. The second kappa shape index (κ2) is 4.31. The molecule has 0 saturated carbocycles. The zero-order valence-electron chi connectivity index (χ0n) is 9.88. The topological polar surface area (TPSA) is 52.0 Å². The van der Waals surface area contributed by atoms with Crippen molar-refractivity contribution in [1.82, 2.24) is 5.16 Å². The van der Waals surface area contributed by atoms with E-state index < -0.39 is 0 Å². The molecule has 3 nitrogen and oxygen atoms in total. The van der Waals surface area contributed by atoms with Gasteiger partial charge in [-0.05, 0) is 23.9 Å². The Morgan fingerprint density at radius 1 is 1.11 bits per heavy atom. The molecule has 0 unspecified atom stereocenters. The number of benzene rings is 1. The lowest BCUT2D eigenvalue weighted by atomic mass is 10.0. The van der Waals surface area contributed by atoms with Crippen LogP contribution in [-0.4, -0.2) is 5.16 Å². The Balaban J connectivity index is 2.17. The summed E-state index contributed by atoms with van der Waals surface area (Å²) in [5.74, 6) is 0.361. The highest BCUT2D eigenvalue weighted by molar-refractivity contribution is 7.08. The molecule has 1 aromatic carbocycles. The molecule has 0 fully saturated rings. The Morgan fingerprint density at radius 3 is 2.56 bits per heavy atom. The average Bonchev–Trinajstić information content (AvgIpc) is 2.99. The zero-order valence-corrected chi connectivity index (χ0v) is 10.7. The minimum absolute atomic E-state index is 0.361. The second-order valence-corrected chi connectivity index (χ2v) is 4.93. The Labute approximate surface area is 109 Å². The maximum atomic E-state index is 5.89. The van der Waals surface area contributed by atoms with Crippen molar-refractivity contribution < 1.29 is 4.52 Å². The molecule has 0 amide bonds. The van der Waals surface area contributed by atoms with Crippen LogP contribution in [-0.2, 0) is 0 Å². The van der Waals surface area contributed by atoms with Gasteiger partial charge in [0, 0.05) is 10.9 Å². The molecule has 3 aromatic rings. The normalized spacial score (nSPS) is 10.7. The van der Waals surface area contributed by atoms with Crippen LogP contribution in [0.3, 0.4) is 0 Å². The third-order valence-electron chi connectivity index (χ3n) is 2.85. The van der Waals surface area contributed by atoms with Gasteiger partial charge >= 0.3 is 0 Å². The van der Waals surface area contributed by atoms with Crippen LogP contribution in [0.4, 0.5) is 5.88 Å². The van der Waals surface area contributed by atoms with Crippen molar-refractivity contribution in [1.29, 1.82) is 0 Å². The van der Waals surface area contributed by atoms with Crippen LogP contribution in [0.5, 0.6) is 0 Å². The number of nitrogens with zero attached hydrogens (tertiary/aromatic N) is 1. The summed E-state index contributed by atoms with van der Waals surface area (Å²) in [6.45, 7) is 2.06. The first-order valence-electron chi connectivity index (χ1n) is 5.60. The largest absolute Gasteiger partial charge is 0.367 e. The number of nitrogen functional groups attached to an aromatic ring is 1. The minimum Gasteiger partial charge on any atom is -0.367 e. The molecule has 3 rings (SSSR count). The van der Waals surface area contributed by atoms with Gasteiger partial charge in [0.1, 0.15) is 5.69 Å². The number of thiophene rings is 1. The van der Waals surface area contributed by atoms with Crippen LogP contribution in [0.1, 0.15) is 5.56 Å². The molecular formula is C14H12N2OS. The summed E-state index contributed by atoms with van der Waals surface area (Å²) < 4.78 is 5.14. The Bertz CT molecular complexity index is 654. The van der Waals surface area contributed by atoms with Gasteiger partial charge in [0.15, 0.2) is 0 Å². The molecule has 0 aliphatic rings. The lowest BCUT2D eigenvalue weighted by Crippen LogP contribution is -1.87. The van der Waals surface area contributed by atoms with Gasteiger partial charge in [-0.15, -0.1) is 0 Å². The third-order valence-corrected chi connectivity index (χ3v) is 3.54. The van der Waals surface area contributed by atoms with E-state index in [-0.39, 0.29) is 0 Å². The monoisotopic (exact) mass is 256 g/mol. The Kier molecular flexibility index (Phi) is 2.64. The fourth-order valence-corrected chi connectivity index (χ4v) is 2.54. The quantitative estimate of drug-likeness (QED) is 0.755. The van der Waals surface area contributed by atoms with Gasteiger partial charge in [-0.1, -0.05) is 35.0 Å². The van der Waals surface area contributed by atoms with Gasteiger partial charge < -0.3 is 10.3 Å². The highest BCUT2D eigenvalue weighted by Gasteiger charge is 2.17. The fraction of sp³-hybridized carbons (Fsp3) is 0.0714. The fourth-order valence-electron chi connectivity index (χ4n) is 1.90. The summed E-state index contributed by atoms with van der Waals surface area (Å²) >= 11 is 1.63. The van der Waals surface area contributed by atoms with Gasteiger partial charge in [0.25, 0.3) is 0 Å². The molecule has 0 bridgehead atoms. The lowest BCUT2D eigenvalue weighted by molar-refractivity contribution is 0.439. The van der Waals surface area contributed by atoms with Crippen LogP contribution in [0.25, 0.3) is 22.4 Å². The number of anilines is 1. The predicted molar refractivity (Wildman–Crippen MR) is 74.4 cm³/mol. The number of aryl methyl sites for hydroxylation is 1. The van der Waals surface area contributed by atoms with E-state index in [1.165, 1.54) is 5.56 Å². The number of hydrogen-bond donors (Lipinski definition) is 1. The molecule has 0 saturated heterocycles. The second-order valence-electron chi connectivity index (χ2n) is 4.15. The van der Waals surface area contributed by atoms with E-state index in [4.69, 9.17) is 10.3 Å². The van der Waals surface area contributed by atoms with E-state index >= 15 is 0 Å².